The average molecular weight is 661 g/mol. The van der Waals surface area contributed by atoms with Crippen molar-refractivity contribution in [3.63, 3.8) is 0 Å². The molecule has 11 nitrogen and oxygen atoms in total. The van der Waals surface area contributed by atoms with Gasteiger partial charge in [-0.2, -0.15) is 13.2 Å². The molecule has 3 N–H and O–H groups in total. The second-order valence-electron chi connectivity index (χ2n) is 11.9. The molecule has 2 aromatic rings. The zero-order chi connectivity index (χ0) is 34.9. The fourth-order valence-electron chi connectivity index (χ4n) is 5.00. The van der Waals surface area contributed by atoms with Crippen LogP contribution in [0.15, 0.2) is 54.6 Å². The highest BCUT2D eigenvalue weighted by molar-refractivity contribution is 6.01. The Morgan fingerprint density at radius 2 is 1.40 bits per heavy atom. The number of likely N-dealkylation sites (tertiary alicyclic amines) is 1. The standard InChI is InChI=1S/C33H39F3N4O7/c1-19(2)26(28(42)33(34,35)36)38-31(45)24-11-8-16-40(24)32(46)27(20(3)4)39-30(44)23-14-12-22(13-15-23)29(43)37-17-25(41)47-18-21-9-6-5-7-10-21/h5-7,9-10,12-15,19-20,24,26-27H,8,11,16-18H2,1-4H3,(H,37,43)(H,38,45)(H,39,44)/t24-,26?,27-/m0/s1. The number of hydrogen-bond acceptors (Lipinski definition) is 7. The zero-order valence-corrected chi connectivity index (χ0v) is 26.6. The quantitative estimate of drug-likeness (QED) is 0.279. The number of amides is 4. The van der Waals surface area contributed by atoms with Gasteiger partial charge in [0.15, 0.2) is 0 Å². The molecule has 1 saturated heterocycles. The molecular formula is C33H39F3N4O7. The van der Waals surface area contributed by atoms with E-state index in [9.17, 15) is 41.9 Å². The molecule has 3 rings (SSSR count). The van der Waals surface area contributed by atoms with E-state index in [1.54, 1.807) is 38.1 Å². The minimum atomic E-state index is -5.14. The van der Waals surface area contributed by atoms with Crippen LogP contribution in [0.2, 0.25) is 0 Å². The zero-order valence-electron chi connectivity index (χ0n) is 26.6. The van der Waals surface area contributed by atoms with Crippen molar-refractivity contribution >= 4 is 35.4 Å². The molecule has 0 bridgehead atoms. The van der Waals surface area contributed by atoms with Gasteiger partial charge in [-0.1, -0.05) is 58.0 Å². The summed E-state index contributed by atoms with van der Waals surface area (Å²) in [5.74, 6) is -6.66. The van der Waals surface area contributed by atoms with E-state index in [0.717, 1.165) is 5.56 Å². The molecule has 254 valence electrons. The molecular weight excluding hydrogens is 621 g/mol. The first kappa shape index (κ1) is 36.7. The summed E-state index contributed by atoms with van der Waals surface area (Å²) in [7, 11) is 0. The molecule has 47 heavy (non-hydrogen) atoms. The predicted octanol–water partition coefficient (Wildman–Crippen LogP) is 3.18. The fraction of sp³-hybridized carbons (Fsp3) is 0.455. The first-order valence-corrected chi connectivity index (χ1v) is 15.2. The van der Waals surface area contributed by atoms with Crippen molar-refractivity contribution in [1.82, 2.24) is 20.9 Å². The number of ether oxygens (including phenoxy) is 1. The monoisotopic (exact) mass is 660 g/mol. The average Bonchev–Trinajstić information content (AvgIpc) is 3.53. The lowest BCUT2D eigenvalue weighted by Gasteiger charge is -2.32. The fourth-order valence-corrected chi connectivity index (χ4v) is 5.00. The predicted molar refractivity (Wildman–Crippen MR) is 164 cm³/mol. The van der Waals surface area contributed by atoms with Crippen molar-refractivity contribution in [2.45, 2.75) is 71.4 Å². The lowest BCUT2D eigenvalue weighted by atomic mass is 9.98. The van der Waals surface area contributed by atoms with E-state index >= 15 is 0 Å². The molecule has 3 atom stereocenters. The van der Waals surface area contributed by atoms with Crippen molar-refractivity contribution in [2.75, 3.05) is 13.1 Å². The number of benzene rings is 2. The van der Waals surface area contributed by atoms with Crippen LogP contribution in [-0.4, -0.2) is 77.7 Å². The van der Waals surface area contributed by atoms with Crippen molar-refractivity contribution in [3.8, 4) is 0 Å². The Labute approximate surface area is 270 Å². The van der Waals surface area contributed by atoms with Crippen LogP contribution in [0, 0.1) is 11.8 Å². The van der Waals surface area contributed by atoms with Gasteiger partial charge in [0.1, 0.15) is 25.2 Å². The van der Waals surface area contributed by atoms with Crippen LogP contribution in [0.25, 0.3) is 0 Å². The van der Waals surface area contributed by atoms with E-state index in [2.05, 4.69) is 16.0 Å². The SMILES string of the molecule is CC(C)C(NC(=O)[C@@H]1CCCN1C(=O)[C@@H](NC(=O)c1ccc(C(=O)NCC(=O)OCc2ccccc2)cc1)C(C)C)C(=O)C(F)(F)F. The van der Waals surface area contributed by atoms with E-state index in [4.69, 9.17) is 4.74 Å². The Balaban J connectivity index is 1.59. The molecule has 1 aliphatic heterocycles. The molecule has 0 aliphatic carbocycles. The van der Waals surface area contributed by atoms with Gasteiger partial charge in [0.2, 0.25) is 11.8 Å². The Bertz CT molecular complexity index is 1450. The Kier molecular flexibility index (Phi) is 12.6. The maximum absolute atomic E-state index is 13.6. The molecule has 1 fully saturated rings. The number of nitrogens with zero attached hydrogens (tertiary/aromatic N) is 1. The number of carbonyl (C=O) groups excluding carboxylic acids is 6. The molecule has 0 radical (unpaired) electrons. The maximum Gasteiger partial charge on any atom is 0.452 e. The summed E-state index contributed by atoms with van der Waals surface area (Å²) in [6.07, 6.45) is -4.56. The first-order valence-electron chi connectivity index (χ1n) is 15.2. The normalized spacial score (nSPS) is 15.9. The van der Waals surface area contributed by atoms with E-state index in [0.29, 0.717) is 6.42 Å². The number of hydrogen-bond donors (Lipinski definition) is 3. The molecule has 1 aliphatic rings. The minimum Gasteiger partial charge on any atom is -0.460 e. The summed E-state index contributed by atoms with van der Waals surface area (Å²) in [6.45, 7) is 5.95. The van der Waals surface area contributed by atoms with Gasteiger partial charge in [-0.05, 0) is 54.5 Å². The molecule has 0 saturated carbocycles. The second kappa shape index (κ2) is 16.2. The number of rotatable bonds is 13. The van der Waals surface area contributed by atoms with Crippen LogP contribution in [0.4, 0.5) is 13.2 Å². The van der Waals surface area contributed by atoms with Gasteiger partial charge in [-0.3, -0.25) is 28.8 Å². The van der Waals surface area contributed by atoms with Gasteiger partial charge in [0.05, 0.1) is 6.04 Å². The summed E-state index contributed by atoms with van der Waals surface area (Å²) >= 11 is 0. The third-order valence-electron chi connectivity index (χ3n) is 7.63. The molecule has 1 heterocycles. The highest BCUT2D eigenvalue weighted by atomic mass is 19.4. The molecule has 14 heteroatoms. The number of Topliss-reactive ketones (excluding diaryl/α,β-unsaturated/α-hetero) is 1. The van der Waals surface area contributed by atoms with Crippen molar-refractivity contribution < 1.29 is 46.7 Å². The Hall–Kier alpha value is -4.75. The first-order chi connectivity index (χ1) is 22.1. The number of nitrogens with one attached hydrogen (secondary N) is 3. The van der Waals surface area contributed by atoms with E-state index < -0.39 is 71.5 Å². The second-order valence-corrected chi connectivity index (χ2v) is 11.9. The Morgan fingerprint density at radius 1 is 0.830 bits per heavy atom. The lowest BCUT2D eigenvalue weighted by Crippen LogP contribution is -2.58. The Morgan fingerprint density at radius 3 is 1.96 bits per heavy atom. The number of halogens is 3. The van der Waals surface area contributed by atoms with Crippen molar-refractivity contribution in [2.24, 2.45) is 11.8 Å². The van der Waals surface area contributed by atoms with Gasteiger partial charge < -0.3 is 25.6 Å². The topological polar surface area (TPSA) is 151 Å². The smallest absolute Gasteiger partial charge is 0.452 e. The summed E-state index contributed by atoms with van der Waals surface area (Å²) in [5, 5.41) is 7.28. The van der Waals surface area contributed by atoms with Crippen LogP contribution in [0.1, 0.15) is 66.8 Å². The molecule has 1 unspecified atom stereocenters. The summed E-state index contributed by atoms with van der Waals surface area (Å²) in [5.41, 5.74) is 1.09. The maximum atomic E-state index is 13.6. The number of esters is 1. The van der Waals surface area contributed by atoms with Gasteiger partial charge in [-0.15, -0.1) is 0 Å². The molecule has 2 aromatic carbocycles. The third kappa shape index (κ3) is 10.1. The number of carbonyl (C=O) groups is 6. The van der Waals surface area contributed by atoms with E-state index in [-0.39, 0.29) is 37.2 Å². The molecule has 4 amide bonds. The highest BCUT2D eigenvalue weighted by Gasteiger charge is 2.46. The van der Waals surface area contributed by atoms with Crippen molar-refractivity contribution in [1.29, 1.82) is 0 Å². The minimum absolute atomic E-state index is 0.0619. The van der Waals surface area contributed by atoms with Gasteiger partial charge >= 0.3 is 12.1 Å². The highest BCUT2D eigenvalue weighted by Crippen LogP contribution is 2.24. The summed E-state index contributed by atoms with van der Waals surface area (Å²) in [6, 6.07) is 10.5. The molecule has 0 spiro atoms. The van der Waals surface area contributed by atoms with Crippen LogP contribution >= 0.6 is 0 Å². The number of ketones is 1. The van der Waals surface area contributed by atoms with Gasteiger partial charge in [0.25, 0.3) is 17.6 Å². The summed E-state index contributed by atoms with van der Waals surface area (Å²) in [4.78, 5) is 77.3. The third-order valence-corrected chi connectivity index (χ3v) is 7.63. The summed E-state index contributed by atoms with van der Waals surface area (Å²) < 4.78 is 44.5. The van der Waals surface area contributed by atoms with E-state index in [1.165, 1.54) is 43.0 Å². The van der Waals surface area contributed by atoms with Crippen LogP contribution in [-0.2, 0) is 30.5 Å². The van der Waals surface area contributed by atoms with Gasteiger partial charge in [0, 0.05) is 17.7 Å². The molecule has 0 aromatic heterocycles. The largest absolute Gasteiger partial charge is 0.460 e. The van der Waals surface area contributed by atoms with Gasteiger partial charge in [-0.25, -0.2) is 0 Å². The number of alkyl halides is 3. The van der Waals surface area contributed by atoms with Crippen LogP contribution in [0.3, 0.4) is 0 Å². The van der Waals surface area contributed by atoms with E-state index in [1.807, 2.05) is 6.07 Å². The van der Waals surface area contributed by atoms with Crippen LogP contribution < -0.4 is 16.0 Å². The van der Waals surface area contributed by atoms with Crippen molar-refractivity contribution in [3.05, 3.63) is 71.3 Å². The lowest BCUT2D eigenvalue weighted by molar-refractivity contribution is -0.175. The van der Waals surface area contributed by atoms with Crippen LogP contribution in [0.5, 0.6) is 0 Å².